The van der Waals surface area contributed by atoms with E-state index in [1.54, 1.807) is 12.4 Å². The number of pyridine rings is 1. The van der Waals surface area contributed by atoms with Crippen molar-refractivity contribution in [3.05, 3.63) is 42.0 Å². The number of nitrogens with two attached hydrogens (primary N) is 1. The molecule has 0 aromatic carbocycles. The molecule has 0 aliphatic carbocycles. The molecule has 1 aliphatic heterocycles. The number of rotatable bonds is 24. The van der Waals surface area contributed by atoms with E-state index in [1.165, 1.54) is 0 Å². The van der Waals surface area contributed by atoms with Gasteiger partial charge in [-0.2, -0.15) is 0 Å². The summed E-state index contributed by atoms with van der Waals surface area (Å²) in [5.74, 6) is 2.74. The van der Waals surface area contributed by atoms with E-state index in [1.807, 2.05) is 32.2 Å². The molecule has 1 aliphatic rings. The lowest BCUT2D eigenvalue weighted by molar-refractivity contribution is -0.00430. The summed E-state index contributed by atoms with van der Waals surface area (Å²) < 4.78 is 27.6. The molecule has 0 saturated carbocycles. The summed E-state index contributed by atoms with van der Waals surface area (Å²) >= 11 is 0. The van der Waals surface area contributed by atoms with Crippen molar-refractivity contribution in [1.29, 1.82) is 0 Å². The van der Waals surface area contributed by atoms with Gasteiger partial charge in [-0.25, -0.2) is 15.0 Å². The van der Waals surface area contributed by atoms with Gasteiger partial charge in [-0.1, -0.05) is 13.0 Å². The third-order valence-electron chi connectivity index (χ3n) is 7.33. The van der Waals surface area contributed by atoms with Crippen LogP contribution in [-0.4, -0.2) is 112 Å². The van der Waals surface area contributed by atoms with E-state index < -0.39 is 0 Å². The minimum absolute atomic E-state index is 0.160. The molecule has 3 heterocycles. The Bertz CT molecular complexity index is 1090. The summed E-state index contributed by atoms with van der Waals surface area (Å²) in [5, 5.41) is 16.1. The minimum atomic E-state index is 0.160. The Balaban J connectivity index is 1.37. The Hall–Kier alpha value is -3.07. The van der Waals surface area contributed by atoms with Gasteiger partial charge in [-0.15, -0.1) is 0 Å². The first kappa shape index (κ1) is 36.4. The summed E-state index contributed by atoms with van der Waals surface area (Å²) in [5.41, 5.74) is 7.78. The Labute approximate surface area is 267 Å². The van der Waals surface area contributed by atoms with Crippen LogP contribution in [-0.2, 0) is 25.5 Å². The van der Waals surface area contributed by atoms with E-state index in [-0.39, 0.29) is 12.6 Å². The number of likely N-dealkylation sites (N-methyl/N-ethyl adjacent to an activating group) is 1. The van der Waals surface area contributed by atoms with E-state index in [0.717, 1.165) is 68.0 Å². The van der Waals surface area contributed by atoms with Crippen molar-refractivity contribution in [2.24, 2.45) is 5.73 Å². The highest BCUT2D eigenvalue weighted by atomic mass is 16.6. The van der Waals surface area contributed by atoms with Gasteiger partial charge in [0.25, 0.3) is 0 Å². The van der Waals surface area contributed by atoms with Gasteiger partial charge in [0, 0.05) is 62.4 Å². The van der Waals surface area contributed by atoms with Gasteiger partial charge in [-0.3, -0.25) is 0 Å². The monoisotopic (exact) mass is 631 g/mol. The largest absolute Gasteiger partial charge is 0.475 e. The highest BCUT2D eigenvalue weighted by Gasteiger charge is 2.24. The molecular weight excluding hydrogens is 578 g/mol. The number of aliphatic hydroxyl groups excluding tert-OH is 1. The maximum Gasteiger partial charge on any atom is 0.213 e. The highest BCUT2D eigenvalue weighted by molar-refractivity contribution is 5.63. The molecule has 0 spiro atoms. The zero-order chi connectivity index (χ0) is 32.0. The van der Waals surface area contributed by atoms with E-state index in [0.29, 0.717) is 77.7 Å². The second kappa shape index (κ2) is 22.4. The molecule has 1 atom stereocenters. The molecule has 3 rings (SSSR count). The molecule has 2 aromatic rings. The quantitative estimate of drug-likeness (QED) is 0.125. The maximum atomic E-state index is 9.61. The Morgan fingerprint density at radius 1 is 1.00 bits per heavy atom. The lowest BCUT2D eigenvalue weighted by Crippen LogP contribution is -2.40. The van der Waals surface area contributed by atoms with Crippen LogP contribution >= 0.6 is 0 Å². The Kier molecular flexibility index (Phi) is 18.1. The van der Waals surface area contributed by atoms with Crippen molar-refractivity contribution in [3.8, 4) is 5.88 Å². The summed E-state index contributed by atoms with van der Waals surface area (Å²) in [6.45, 7) is 9.21. The minimum Gasteiger partial charge on any atom is -0.475 e. The first-order valence-electron chi connectivity index (χ1n) is 16.1. The molecule has 0 radical (unpaired) electrons. The topological polar surface area (TPSA) is 158 Å². The van der Waals surface area contributed by atoms with Gasteiger partial charge in [0.1, 0.15) is 18.2 Å². The number of anilines is 2. The average molecular weight is 632 g/mol. The van der Waals surface area contributed by atoms with Crippen molar-refractivity contribution in [2.45, 2.75) is 51.6 Å². The standard InChI is InChI=1S/C32H53N7O6/c1-3-27(23-33)32-37-29(22-30(38-32)39-11-5-4-6-28(39)9-12-40)35-24-26-7-8-31(36-25-26)45-21-20-44-19-18-43-17-16-42-15-14-41-13-10-34-2/h7-8,22-23,25,28,34,40H,3-6,9-21,24,33H2,1-2H3,(H,35,37,38)/b27-23-. The van der Waals surface area contributed by atoms with Gasteiger partial charge in [-0.05, 0) is 44.7 Å². The number of nitrogens with zero attached hydrogens (tertiary/aromatic N) is 4. The fraction of sp³-hybridized carbons (Fsp3) is 0.656. The molecule has 1 fully saturated rings. The lowest BCUT2D eigenvalue weighted by Gasteiger charge is -2.36. The second-order valence-corrected chi connectivity index (χ2v) is 10.6. The molecule has 13 heteroatoms. The first-order chi connectivity index (χ1) is 22.2. The summed E-state index contributed by atoms with van der Waals surface area (Å²) in [6, 6.07) is 6.07. The van der Waals surface area contributed by atoms with Crippen LogP contribution in [0.2, 0.25) is 0 Å². The SMILES string of the molecule is CC/C(=C/N)c1nc(NCc2ccc(OCCOCCOCCOCCOCCNC)nc2)cc(N2CCCCC2CCO)n1. The number of ether oxygens (including phenoxy) is 5. The third kappa shape index (κ3) is 13.8. The van der Waals surface area contributed by atoms with Crippen LogP contribution in [0.4, 0.5) is 11.6 Å². The number of aliphatic hydroxyl groups is 1. The van der Waals surface area contributed by atoms with Crippen molar-refractivity contribution in [3.63, 3.8) is 0 Å². The van der Waals surface area contributed by atoms with Crippen LogP contribution in [0.25, 0.3) is 5.57 Å². The average Bonchev–Trinajstić information content (AvgIpc) is 3.07. The van der Waals surface area contributed by atoms with E-state index in [4.69, 9.17) is 39.4 Å². The zero-order valence-corrected chi connectivity index (χ0v) is 27.0. The fourth-order valence-electron chi connectivity index (χ4n) is 4.85. The number of allylic oxidation sites excluding steroid dienone is 1. The van der Waals surface area contributed by atoms with Crippen molar-refractivity contribution in [2.75, 3.05) is 96.4 Å². The van der Waals surface area contributed by atoms with Crippen LogP contribution in [0, 0.1) is 0 Å². The van der Waals surface area contributed by atoms with Gasteiger partial charge in [0.2, 0.25) is 5.88 Å². The van der Waals surface area contributed by atoms with Crippen LogP contribution in [0.1, 0.15) is 50.4 Å². The number of piperidine rings is 1. The number of aromatic nitrogens is 3. The molecule has 13 nitrogen and oxygen atoms in total. The number of hydrogen-bond donors (Lipinski definition) is 4. The summed E-state index contributed by atoms with van der Waals surface area (Å²) in [6.07, 6.45) is 8.12. The molecule has 1 unspecified atom stereocenters. The molecule has 2 aromatic heterocycles. The Morgan fingerprint density at radius 3 is 2.33 bits per heavy atom. The summed E-state index contributed by atoms with van der Waals surface area (Å²) in [4.78, 5) is 16.3. The van der Waals surface area contributed by atoms with Gasteiger partial charge >= 0.3 is 0 Å². The van der Waals surface area contributed by atoms with Crippen molar-refractivity contribution < 1.29 is 28.8 Å². The molecular formula is C32H53N7O6. The molecule has 0 amide bonds. The number of nitrogens with one attached hydrogen (secondary N) is 2. The van der Waals surface area contributed by atoms with Crippen molar-refractivity contribution in [1.82, 2.24) is 20.3 Å². The van der Waals surface area contributed by atoms with E-state index in [2.05, 4.69) is 20.5 Å². The van der Waals surface area contributed by atoms with Crippen LogP contribution in [0.15, 0.2) is 30.6 Å². The molecule has 252 valence electrons. The first-order valence-corrected chi connectivity index (χ1v) is 16.1. The highest BCUT2D eigenvalue weighted by Crippen LogP contribution is 2.28. The van der Waals surface area contributed by atoms with Crippen LogP contribution < -0.4 is 26.0 Å². The molecule has 45 heavy (non-hydrogen) atoms. The second-order valence-electron chi connectivity index (χ2n) is 10.6. The normalized spacial score (nSPS) is 15.4. The molecule has 5 N–H and O–H groups in total. The van der Waals surface area contributed by atoms with E-state index >= 15 is 0 Å². The van der Waals surface area contributed by atoms with Crippen molar-refractivity contribution >= 4 is 17.2 Å². The summed E-state index contributed by atoms with van der Waals surface area (Å²) in [7, 11) is 1.90. The maximum absolute atomic E-state index is 9.61. The van der Waals surface area contributed by atoms with Gasteiger partial charge < -0.3 is 50.1 Å². The van der Waals surface area contributed by atoms with Crippen LogP contribution in [0.5, 0.6) is 5.88 Å². The predicted molar refractivity (Wildman–Crippen MR) is 175 cm³/mol. The Morgan fingerprint density at radius 2 is 1.71 bits per heavy atom. The van der Waals surface area contributed by atoms with E-state index in [9.17, 15) is 5.11 Å². The van der Waals surface area contributed by atoms with Gasteiger partial charge in [0.05, 0.1) is 52.9 Å². The smallest absolute Gasteiger partial charge is 0.213 e. The number of hydrogen-bond acceptors (Lipinski definition) is 13. The van der Waals surface area contributed by atoms with Gasteiger partial charge in [0.15, 0.2) is 5.82 Å². The lowest BCUT2D eigenvalue weighted by atomic mass is 9.99. The fourth-order valence-corrected chi connectivity index (χ4v) is 4.85. The predicted octanol–water partition coefficient (Wildman–Crippen LogP) is 2.60. The molecule has 1 saturated heterocycles. The third-order valence-corrected chi connectivity index (χ3v) is 7.33. The van der Waals surface area contributed by atoms with Crippen LogP contribution in [0.3, 0.4) is 0 Å². The molecule has 0 bridgehead atoms. The zero-order valence-electron chi connectivity index (χ0n) is 27.0.